The molecule has 0 radical (unpaired) electrons. The number of benzene rings is 1. The number of carboxylic acid groups (broad SMARTS) is 1. The van der Waals surface area contributed by atoms with E-state index >= 15 is 0 Å². The molecule has 3 N–H and O–H groups in total. The zero-order chi connectivity index (χ0) is 14.0. The van der Waals surface area contributed by atoms with Crippen LogP contribution in [0.3, 0.4) is 0 Å². The molecule has 2 atom stereocenters. The number of hydrogen-bond donors (Lipinski definition) is 2. The van der Waals surface area contributed by atoms with Crippen molar-refractivity contribution < 1.29 is 19.0 Å². The molecule has 1 aliphatic carbocycles. The Kier molecular flexibility index (Phi) is 3.93. The number of rotatable bonds is 3. The van der Waals surface area contributed by atoms with Crippen LogP contribution in [0.25, 0.3) is 0 Å². The molecule has 104 valence electrons. The number of halogens is 1. The highest BCUT2D eigenvalue weighted by Gasteiger charge is 2.24. The van der Waals surface area contributed by atoms with Crippen molar-refractivity contribution in [2.75, 3.05) is 5.73 Å². The molecule has 1 fully saturated rings. The first-order valence-corrected chi connectivity index (χ1v) is 6.48. The van der Waals surface area contributed by atoms with Crippen LogP contribution in [0, 0.1) is 11.7 Å². The molecule has 0 heterocycles. The van der Waals surface area contributed by atoms with E-state index in [0.717, 1.165) is 31.7 Å². The lowest BCUT2D eigenvalue weighted by molar-refractivity contribution is 0.0694. The van der Waals surface area contributed by atoms with E-state index < -0.39 is 11.8 Å². The van der Waals surface area contributed by atoms with Crippen LogP contribution in [0.5, 0.6) is 5.75 Å². The zero-order valence-electron chi connectivity index (χ0n) is 10.9. The molecule has 1 aromatic rings. The Hall–Kier alpha value is -1.78. The van der Waals surface area contributed by atoms with E-state index in [2.05, 4.69) is 6.92 Å². The fourth-order valence-electron chi connectivity index (χ4n) is 2.46. The first-order valence-electron chi connectivity index (χ1n) is 6.48. The molecule has 0 bridgehead atoms. The van der Waals surface area contributed by atoms with Crippen LogP contribution in [-0.2, 0) is 0 Å². The number of carboxylic acids is 1. The minimum absolute atomic E-state index is 0.0228. The van der Waals surface area contributed by atoms with Gasteiger partial charge in [-0.2, -0.15) is 0 Å². The van der Waals surface area contributed by atoms with Crippen LogP contribution in [0.1, 0.15) is 43.0 Å². The summed E-state index contributed by atoms with van der Waals surface area (Å²) in [6.45, 7) is 2.07. The van der Waals surface area contributed by atoms with E-state index in [9.17, 15) is 9.18 Å². The van der Waals surface area contributed by atoms with E-state index in [0.29, 0.717) is 5.92 Å². The second kappa shape index (κ2) is 5.47. The number of carbonyl (C=O) groups is 1. The maximum Gasteiger partial charge on any atom is 0.337 e. The molecule has 1 aliphatic rings. The first kappa shape index (κ1) is 13.6. The summed E-state index contributed by atoms with van der Waals surface area (Å²) in [4.78, 5) is 11.0. The lowest BCUT2D eigenvalue weighted by Gasteiger charge is -2.29. The molecule has 5 heteroatoms. The Bertz CT molecular complexity index is 490. The van der Waals surface area contributed by atoms with Crippen LogP contribution >= 0.6 is 0 Å². The SMILES string of the molecule is CC1CCCCC1Oc1cc(C(=O)O)c(N)cc1F. The molecule has 0 saturated heterocycles. The molecule has 0 aliphatic heterocycles. The van der Waals surface area contributed by atoms with E-state index in [1.165, 1.54) is 6.07 Å². The second-order valence-electron chi connectivity index (χ2n) is 5.09. The minimum Gasteiger partial charge on any atom is -0.487 e. The molecule has 1 saturated carbocycles. The average Bonchev–Trinajstić information content (AvgIpc) is 2.34. The van der Waals surface area contributed by atoms with Gasteiger partial charge in [0.25, 0.3) is 0 Å². The van der Waals surface area contributed by atoms with Crippen LogP contribution in [-0.4, -0.2) is 17.2 Å². The molecule has 0 spiro atoms. The number of hydrogen-bond acceptors (Lipinski definition) is 3. The monoisotopic (exact) mass is 267 g/mol. The van der Waals surface area contributed by atoms with Gasteiger partial charge in [-0.25, -0.2) is 9.18 Å². The van der Waals surface area contributed by atoms with Crippen molar-refractivity contribution in [3.05, 3.63) is 23.5 Å². The van der Waals surface area contributed by atoms with Crippen molar-refractivity contribution in [1.82, 2.24) is 0 Å². The third kappa shape index (κ3) is 2.97. The van der Waals surface area contributed by atoms with E-state index in [4.69, 9.17) is 15.6 Å². The number of nitrogen functional groups attached to an aromatic ring is 1. The first-order chi connectivity index (χ1) is 8.99. The van der Waals surface area contributed by atoms with Crippen molar-refractivity contribution >= 4 is 11.7 Å². The number of nitrogens with two attached hydrogens (primary N) is 1. The molecule has 19 heavy (non-hydrogen) atoms. The Labute approximate surface area is 111 Å². The van der Waals surface area contributed by atoms with Crippen LogP contribution in [0.15, 0.2) is 12.1 Å². The summed E-state index contributed by atoms with van der Waals surface area (Å²) < 4.78 is 19.4. The summed E-state index contributed by atoms with van der Waals surface area (Å²) in [6.07, 6.45) is 4.07. The Balaban J connectivity index is 2.24. The third-order valence-electron chi connectivity index (χ3n) is 3.65. The van der Waals surface area contributed by atoms with Gasteiger partial charge in [0.1, 0.15) is 6.10 Å². The molecular formula is C14H18FNO3. The largest absolute Gasteiger partial charge is 0.487 e. The van der Waals surface area contributed by atoms with Crippen molar-refractivity contribution in [3.63, 3.8) is 0 Å². The quantitative estimate of drug-likeness (QED) is 0.825. The van der Waals surface area contributed by atoms with Gasteiger partial charge in [0.05, 0.1) is 5.56 Å². The number of aromatic carboxylic acids is 1. The molecule has 4 nitrogen and oxygen atoms in total. The molecule has 1 aromatic carbocycles. The molecule has 2 unspecified atom stereocenters. The fraction of sp³-hybridized carbons (Fsp3) is 0.500. The summed E-state index contributed by atoms with van der Waals surface area (Å²) in [6, 6.07) is 2.18. The highest BCUT2D eigenvalue weighted by molar-refractivity contribution is 5.94. The highest BCUT2D eigenvalue weighted by Crippen LogP contribution is 2.31. The predicted octanol–water partition coefficient (Wildman–Crippen LogP) is 3.06. The van der Waals surface area contributed by atoms with Gasteiger partial charge in [-0.05, 0) is 31.2 Å². The van der Waals surface area contributed by atoms with Gasteiger partial charge >= 0.3 is 5.97 Å². The summed E-state index contributed by atoms with van der Waals surface area (Å²) in [5.41, 5.74) is 5.26. The van der Waals surface area contributed by atoms with Crippen LogP contribution in [0.2, 0.25) is 0 Å². The topological polar surface area (TPSA) is 72.5 Å². The van der Waals surface area contributed by atoms with Crippen molar-refractivity contribution in [2.45, 2.75) is 38.7 Å². The van der Waals surface area contributed by atoms with Gasteiger partial charge in [0.15, 0.2) is 11.6 Å². The van der Waals surface area contributed by atoms with E-state index in [-0.39, 0.29) is 23.1 Å². The Morgan fingerprint density at radius 1 is 1.42 bits per heavy atom. The molecule has 2 rings (SSSR count). The average molecular weight is 267 g/mol. The molecule has 0 amide bonds. The Morgan fingerprint density at radius 3 is 2.74 bits per heavy atom. The predicted molar refractivity (Wildman–Crippen MR) is 69.8 cm³/mol. The van der Waals surface area contributed by atoms with E-state index in [1.807, 2.05) is 0 Å². The van der Waals surface area contributed by atoms with Gasteiger partial charge in [-0.1, -0.05) is 13.3 Å². The zero-order valence-corrected chi connectivity index (χ0v) is 10.9. The third-order valence-corrected chi connectivity index (χ3v) is 3.65. The summed E-state index contributed by atoms with van der Waals surface area (Å²) in [5.74, 6) is -1.47. The fourth-order valence-corrected chi connectivity index (χ4v) is 2.46. The smallest absolute Gasteiger partial charge is 0.337 e. The minimum atomic E-state index is -1.18. The number of anilines is 1. The summed E-state index contributed by atoms with van der Waals surface area (Å²) in [5, 5.41) is 8.98. The molecule has 0 aromatic heterocycles. The van der Waals surface area contributed by atoms with Gasteiger partial charge in [0.2, 0.25) is 0 Å². The maximum absolute atomic E-state index is 13.8. The van der Waals surface area contributed by atoms with Gasteiger partial charge in [0, 0.05) is 11.8 Å². The van der Waals surface area contributed by atoms with Gasteiger partial charge in [-0.3, -0.25) is 0 Å². The van der Waals surface area contributed by atoms with Gasteiger partial charge in [-0.15, -0.1) is 0 Å². The van der Waals surface area contributed by atoms with E-state index in [1.54, 1.807) is 0 Å². The summed E-state index contributed by atoms with van der Waals surface area (Å²) >= 11 is 0. The van der Waals surface area contributed by atoms with Crippen molar-refractivity contribution in [1.29, 1.82) is 0 Å². The summed E-state index contributed by atoms with van der Waals surface area (Å²) in [7, 11) is 0. The number of ether oxygens (including phenoxy) is 1. The second-order valence-corrected chi connectivity index (χ2v) is 5.09. The van der Waals surface area contributed by atoms with Crippen LogP contribution in [0.4, 0.5) is 10.1 Å². The normalized spacial score (nSPS) is 23.1. The van der Waals surface area contributed by atoms with Crippen molar-refractivity contribution in [3.8, 4) is 5.75 Å². The Morgan fingerprint density at radius 2 is 2.11 bits per heavy atom. The lowest BCUT2D eigenvalue weighted by Crippen LogP contribution is -2.28. The van der Waals surface area contributed by atoms with Crippen molar-refractivity contribution in [2.24, 2.45) is 5.92 Å². The molecular weight excluding hydrogens is 249 g/mol. The lowest BCUT2D eigenvalue weighted by atomic mass is 9.88. The van der Waals surface area contributed by atoms with Crippen LogP contribution < -0.4 is 10.5 Å². The highest BCUT2D eigenvalue weighted by atomic mass is 19.1. The van der Waals surface area contributed by atoms with Gasteiger partial charge < -0.3 is 15.6 Å². The standard InChI is InChI=1S/C14H18FNO3/c1-8-4-2-3-5-12(8)19-13-6-9(14(17)18)11(16)7-10(13)15/h6-8,12H,2-5,16H2,1H3,(H,17,18). The maximum atomic E-state index is 13.8.